The molecule has 1 atom stereocenters. The summed E-state index contributed by atoms with van der Waals surface area (Å²) in [6, 6.07) is -0.347. The maximum atomic E-state index is 11.8. The largest absolute Gasteiger partial charge is 0.409 e. The van der Waals surface area contributed by atoms with Crippen molar-refractivity contribution in [2.75, 3.05) is 0 Å². The topological polar surface area (TPSA) is 105 Å². The molecule has 4 N–H and O–H groups in total. The Kier molecular flexibility index (Phi) is 5.21. The van der Waals surface area contributed by atoms with Crippen LogP contribution in [0, 0.1) is 0 Å². The number of nitrogens with two attached hydrogens (primary N) is 1. The fourth-order valence-corrected chi connectivity index (χ4v) is 2.00. The average Bonchev–Trinajstić information content (AvgIpc) is 2.14. The first-order valence-electron chi connectivity index (χ1n) is 5.12. The molecule has 0 radical (unpaired) electrons. The Bertz CT molecular complexity index is 344. The van der Waals surface area contributed by atoms with Crippen molar-refractivity contribution in [3.63, 3.8) is 0 Å². The highest BCUT2D eigenvalue weighted by Crippen LogP contribution is 2.15. The maximum absolute atomic E-state index is 11.8. The molecule has 0 aromatic rings. The van der Waals surface area contributed by atoms with Crippen LogP contribution in [0.15, 0.2) is 5.16 Å². The molecule has 0 rings (SSSR count). The molecule has 1 unspecified atom stereocenters. The quantitative estimate of drug-likeness (QED) is 0.288. The van der Waals surface area contributed by atoms with Crippen LogP contribution >= 0.6 is 0 Å². The van der Waals surface area contributed by atoms with Gasteiger partial charge in [0.2, 0.25) is 10.0 Å². The first-order chi connectivity index (χ1) is 7.14. The number of nitrogens with one attached hydrogen (secondary N) is 1. The molecule has 0 bridgehead atoms. The predicted molar refractivity (Wildman–Crippen MR) is 63.9 cm³/mol. The Morgan fingerprint density at radius 3 is 2.31 bits per heavy atom. The molecule has 7 heteroatoms. The molecular weight excluding hydrogens is 230 g/mol. The van der Waals surface area contributed by atoms with Gasteiger partial charge >= 0.3 is 0 Å². The summed E-state index contributed by atoms with van der Waals surface area (Å²) >= 11 is 0. The second kappa shape index (κ2) is 5.49. The molecule has 0 fully saturated rings. The minimum atomic E-state index is -3.41. The molecule has 6 nitrogen and oxygen atoms in total. The highest BCUT2D eigenvalue weighted by atomic mass is 32.2. The van der Waals surface area contributed by atoms with Crippen LogP contribution in [0.1, 0.15) is 40.5 Å². The number of oxime groups is 1. The van der Waals surface area contributed by atoms with Gasteiger partial charge in [0, 0.05) is 12.5 Å². The highest BCUT2D eigenvalue weighted by molar-refractivity contribution is 7.90. The molecule has 0 saturated carbocycles. The van der Waals surface area contributed by atoms with Gasteiger partial charge < -0.3 is 10.9 Å². The van der Waals surface area contributed by atoms with Crippen LogP contribution in [0.3, 0.4) is 0 Å². The van der Waals surface area contributed by atoms with Gasteiger partial charge in [-0.05, 0) is 27.2 Å². The Morgan fingerprint density at radius 1 is 1.50 bits per heavy atom. The fraction of sp³-hybridized carbons (Fsp3) is 0.889. The summed E-state index contributed by atoms with van der Waals surface area (Å²) in [4.78, 5) is 0. The molecule has 0 aliphatic rings. The van der Waals surface area contributed by atoms with Crippen LogP contribution in [-0.2, 0) is 10.0 Å². The van der Waals surface area contributed by atoms with Crippen LogP contribution in [-0.4, -0.2) is 30.2 Å². The lowest BCUT2D eigenvalue weighted by molar-refractivity contribution is 0.316. The second-order valence-electron chi connectivity index (χ2n) is 4.63. The smallest absolute Gasteiger partial charge is 0.216 e. The molecule has 16 heavy (non-hydrogen) atoms. The average molecular weight is 251 g/mol. The van der Waals surface area contributed by atoms with E-state index in [1.54, 1.807) is 20.8 Å². The lowest BCUT2D eigenvalue weighted by atomic mass is 10.1. The summed E-state index contributed by atoms with van der Waals surface area (Å²) in [5.74, 6) is 0.0171. The molecular formula is C9H21N3O3S. The van der Waals surface area contributed by atoms with E-state index in [0.717, 1.165) is 0 Å². The van der Waals surface area contributed by atoms with Gasteiger partial charge in [-0.25, -0.2) is 13.1 Å². The lowest BCUT2D eigenvalue weighted by Gasteiger charge is -2.24. The van der Waals surface area contributed by atoms with Gasteiger partial charge in [0.1, 0.15) is 5.84 Å². The SMILES string of the molecule is CCC(CC(N)=NO)NS(=O)(=O)C(C)(C)C. The van der Waals surface area contributed by atoms with Crippen LogP contribution in [0.4, 0.5) is 0 Å². The Labute approximate surface area is 97.0 Å². The zero-order chi connectivity index (χ0) is 13.0. The standard InChI is InChI=1S/C9H21N3O3S/c1-5-7(6-8(10)11-13)12-16(14,15)9(2,3)4/h7,12-13H,5-6H2,1-4H3,(H2,10,11). The third-order valence-electron chi connectivity index (χ3n) is 2.20. The summed E-state index contributed by atoms with van der Waals surface area (Å²) in [5.41, 5.74) is 5.34. The number of nitrogens with zero attached hydrogens (tertiary/aromatic N) is 1. The van der Waals surface area contributed by atoms with E-state index in [9.17, 15) is 8.42 Å². The van der Waals surface area contributed by atoms with Crippen LogP contribution < -0.4 is 10.5 Å². The van der Waals surface area contributed by atoms with Gasteiger partial charge in [0.25, 0.3) is 0 Å². The molecule has 0 aliphatic heterocycles. The van der Waals surface area contributed by atoms with E-state index in [0.29, 0.717) is 6.42 Å². The Morgan fingerprint density at radius 2 is 2.00 bits per heavy atom. The van der Waals surface area contributed by atoms with E-state index in [-0.39, 0.29) is 18.3 Å². The van der Waals surface area contributed by atoms with Crippen LogP contribution in [0.2, 0.25) is 0 Å². The van der Waals surface area contributed by atoms with E-state index >= 15 is 0 Å². The van der Waals surface area contributed by atoms with Gasteiger partial charge in [-0.15, -0.1) is 0 Å². The number of sulfonamides is 1. The van der Waals surface area contributed by atoms with Crippen molar-refractivity contribution >= 4 is 15.9 Å². The van der Waals surface area contributed by atoms with Gasteiger partial charge in [0.05, 0.1) is 4.75 Å². The van der Waals surface area contributed by atoms with Crippen molar-refractivity contribution in [3.05, 3.63) is 0 Å². The number of rotatable bonds is 5. The van der Waals surface area contributed by atoms with Crippen LogP contribution in [0.25, 0.3) is 0 Å². The van der Waals surface area contributed by atoms with E-state index in [1.807, 2.05) is 6.92 Å². The highest BCUT2D eigenvalue weighted by Gasteiger charge is 2.30. The normalized spacial score (nSPS) is 16.1. The van der Waals surface area contributed by atoms with Gasteiger partial charge in [-0.3, -0.25) is 0 Å². The first-order valence-corrected chi connectivity index (χ1v) is 6.60. The molecule has 0 heterocycles. The van der Waals surface area contributed by atoms with E-state index in [2.05, 4.69) is 9.88 Å². The van der Waals surface area contributed by atoms with E-state index in [4.69, 9.17) is 10.9 Å². The van der Waals surface area contributed by atoms with Crippen molar-refractivity contribution in [2.24, 2.45) is 10.9 Å². The van der Waals surface area contributed by atoms with Gasteiger partial charge in [-0.1, -0.05) is 12.1 Å². The van der Waals surface area contributed by atoms with E-state index in [1.165, 1.54) is 0 Å². The molecule has 0 aromatic carbocycles. The minimum Gasteiger partial charge on any atom is -0.409 e. The summed E-state index contributed by atoms with van der Waals surface area (Å²) in [5, 5.41) is 11.3. The summed E-state index contributed by atoms with van der Waals surface area (Å²) < 4.78 is 25.4. The summed E-state index contributed by atoms with van der Waals surface area (Å²) in [6.07, 6.45) is 0.772. The third kappa shape index (κ3) is 4.36. The minimum absolute atomic E-state index is 0.0171. The zero-order valence-corrected chi connectivity index (χ0v) is 11.0. The molecule has 0 spiro atoms. The zero-order valence-electron chi connectivity index (χ0n) is 10.2. The monoisotopic (exact) mass is 251 g/mol. The molecule has 0 aromatic heterocycles. The first kappa shape index (κ1) is 15.2. The number of amidine groups is 1. The van der Waals surface area contributed by atoms with Crippen molar-refractivity contribution < 1.29 is 13.6 Å². The van der Waals surface area contributed by atoms with Crippen molar-refractivity contribution in [2.45, 2.75) is 51.3 Å². The molecule has 0 aliphatic carbocycles. The summed E-state index contributed by atoms with van der Waals surface area (Å²) in [7, 11) is -3.41. The third-order valence-corrected chi connectivity index (χ3v) is 4.46. The second-order valence-corrected chi connectivity index (χ2v) is 7.10. The molecule has 96 valence electrons. The van der Waals surface area contributed by atoms with E-state index < -0.39 is 14.8 Å². The molecule has 0 saturated heterocycles. The maximum Gasteiger partial charge on any atom is 0.216 e. The number of hydrogen-bond acceptors (Lipinski definition) is 4. The van der Waals surface area contributed by atoms with Crippen LogP contribution in [0.5, 0.6) is 0 Å². The molecule has 0 amide bonds. The van der Waals surface area contributed by atoms with Gasteiger partial charge in [-0.2, -0.15) is 0 Å². The fourth-order valence-electron chi connectivity index (χ4n) is 0.959. The van der Waals surface area contributed by atoms with Crippen molar-refractivity contribution in [1.29, 1.82) is 0 Å². The number of hydrogen-bond donors (Lipinski definition) is 3. The van der Waals surface area contributed by atoms with Crippen molar-refractivity contribution in [1.82, 2.24) is 4.72 Å². The lowest BCUT2D eigenvalue weighted by Crippen LogP contribution is -2.45. The van der Waals surface area contributed by atoms with Gasteiger partial charge in [0.15, 0.2) is 0 Å². The summed E-state index contributed by atoms with van der Waals surface area (Å²) in [6.45, 7) is 6.68. The predicted octanol–water partition coefficient (Wildman–Crippen LogP) is 0.619. The van der Waals surface area contributed by atoms with Crippen molar-refractivity contribution in [3.8, 4) is 0 Å². The Balaban J connectivity index is 4.69. The Hall–Kier alpha value is -0.820.